The molecular weight excluding hydrogens is 428 g/mol. The lowest BCUT2D eigenvalue weighted by atomic mass is 10.0. The van der Waals surface area contributed by atoms with Crippen molar-refractivity contribution in [1.29, 1.82) is 0 Å². The Morgan fingerprint density at radius 3 is 2.03 bits per heavy atom. The summed E-state index contributed by atoms with van der Waals surface area (Å²) in [5.74, 6) is -0.127. The molecule has 0 bridgehead atoms. The van der Waals surface area contributed by atoms with Gasteiger partial charge in [-0.05, 0) is 68.7 Å². The molecule has 1 saturated heterocycles. The molecule has 2 aromatic rings. The van der Waals surface area contributed by atoms with Crippen molar-refractivity contribution < 1.29 is 22.7 Å². The van der Waals surface area contributed by atoms with E-state index in [4.69, 9.17) is 4.74 Å². The summed E-state index contributed by atoms with van der Waals surface area (Å²) in [7, 11) is -2.57. The number of amides is 2. The molecule has 0 spiro atoms. The van der Waals surface area contributed by atoms with Crippen molar-refractivity contribution in [3.05, 3.63) is 54.1 Å². The molecule has 0 saturated carbocycles. The van der Waals surface area contributed by atoms with Crippen molar-refractivity contribution in [2.75, 3.05) is 12.0 Å². The summed E-state index contributed by atoms with van der Waals surface area (Å²) in [5.41, 5.74) is 0.599. The van der Waals surface area contributed by atoms with E-state index >= 15 is 0 Å². The molecule has 0 aliphatic carbocycles. The number of carbonyl (C=O) groups excluding carboxylic acids is 2. The highest BCUT2D eigenvalue weighted by atomic mass is 32.2. The van der Waals surface area contributed by atoms with E-state index in [1.54, 1.807) is 45.0 Å². The lowest BCUT2D eigenvalue weighted by molar-refractivity contribution is -0.122. The van der Waals surface area contributed by atoms with Gasteiger partial charge in [-0.15, -0.1) is 0 Å². The molecule has 3 rings (SSSR count). The minimum absolute atomic E-state index is 0.0354. The zero-order chi connectivity index (χ0) is 23.8. The van der Waals surface area contributed by atoms with Gasteiger partial charge < -0.3 is 4.74 Å². The van der Waals surface area contributed by atoms with E-state index in [-0.39, 0.29) is 11.3 Å². The monoisotopic (exact) mass is 458 g/mol. The number of hydrogen-bond acceptors (Lipinski definition) is 5. The van der Waals surface area contributed by atoms with Crippen molar-refractivity contribution in [2.24, 2.45) is 0 Å². The maximum absolute atomic E-state index is 13.6. The Kier molecular flexibility index (Phi) is 6.49. The Bertz CT molecular complexity index is 1100. The van der Waals surface area contributed by atoms with Gasteiger partial charge in [-0.3, -0.25) is 9.59 Å². The first kappa shape index (κ1) is 23.9. The summed E-state index contributed by atoms with van der Waals surface area (Å²) in [6.07, 6.45) is -0.211. The highest BCUT2D eigenvalue weighted by Gasteiger charge is 2.50. The number of sulfonamides is 1. The van der Waals surface area contributed by atoms with Crippen LogP contribution in [0.4, 0.5) is 5.69 Å². The van der Waals surface area contributed by atoms with Crippen LogP contribution in [-0.2, 0) is 19.6 Å². The molecule has 1 atom stereocenters. The number of methoxy groups -OCH3 is 1. The average molecular weight is 459 g/mol. The number of anilines is 1. The SMILES string of the molecule is COc1ccc(S(=O)(=O)N(C2CC(=O)N(c3ccc(C(C)C)cc3)C2=O)C(C)(C)C)cc1. The highest BCUT2D eigenvalue weighted by molar-refractivity contribution is 7.89. The molecule has 1 unspecified atom stereocenters. The fourth-order valence-electron chi connectivity index (χ4n) is 3.94. The number of ether oxygens (including phenoxy) is 1. The zero-order valence-electron chi connectivity index (χ0n) is 19.3. The summed E-state index contributed by atoms with van der Waals surface area (Å²) >= 11 is 0. The second-order valence-electron chi connectivity index (χ2n) is 9.18. The highest BCUT2D eigenvalue weighted by Crippen LogP contribution is 2.35. The first-order chi connectivity index (χ1) is 14.9. The number of rotatable bonds is 6. The van der Waals surface area contributed by atoms with Crippen molar-refractivity contribution >= 4 is 27.5 Å². The second kappa shape index (κ2) is 8.67. The Balaban J connectivity index is 2.00. The van der Waals surface area contributed by atoms with Crippen LogP contribution in [0.15, 0.2) is 53.4 Å². The van der Waals surface area contributed by atoms with E-state index in [2.05, 4.69) is 13.8 Å². The van der Waals surface area contributed by atoms with Crippen LogP contribution in [0.5, 0.6) is 5.75 Å². The molecule has 0 N–H and O–H groups in total. The minimum Gasteiger partial charge on any atom is -0.497 e. The normalized spacial score (nSPS) is 17.5. The van der Waals surface area contributed by atoms with Crippen LogP contribution in [0.2, 0.25) is 0 Å². The first-order valence-electron chi connectivity index (χ1n) is 10.5. The number of benzene rings is 2. The standard InChI is InChI=1S/C24H30N2O5S/c1-16(2)17-7-9-18(10-8-17)25-22(27)15-21(23(25)28)26(24(3,4)5)32(29,30)20-13-11-19(31-6)12-14-20/h7-14,16,21H,15H2,1-6H3. The van der Waals surface area contributed by atoms with Gasteiger partial charge in [0, 0.05) is 5.54 Å². The van der Waals surface area contributed by atoms with Gasteiger partial charge in [-0.2, -0.15) is 4.31 Å². The van der Waals surface area contributed by atoms with Crippen molar-refractivity contribution in [2.45, 2.75) is 63.4 Å². The van der Waals surface area contributed by atoms with Gasteiger partial charge in [0.25, 0.3) is 5.91 Å². The first-order valence-corrected chi connectivity index (χ1v) is 12.0. The topological polar surface area (TPSA) is 84.0 Å². The van der Waals surface area contributed by atoms with Gasteiger partial charge in [0.1, 0.15) is 11.8 Å². The van der Waals surface area contributed by atoms with E-state index in [1.807, 2.05) is 12.1 Å². The van der Waals surface area contributed by atoms with Crippen LogP contribution in [0.3, 0.4) is 0 Å². The average Bonchev–Trinajstić information content (AvgIpc) is 3.00. The molecule has 0 aromatic heterocycles. The third kappa shape index (κ3) is 4.42. The van der Waals surface area contributed by atoms with E-state index in [0.717, 1.165) is 14.8 Å². The fourth-order valence-corrected chi connectivity index (χ4v) is 5.86. The number of carbonyl (C=O) groups is 2. The maximum atomic E-state index is 13.6. The second-order valence-corrected chi connectivity index (χ2v) is 11.0. The van der Waals surface area contributed by atoms with Gasteiger partial charge in [-0.1, -0.05) is 26.0 Å². The Morgan fingerprint density at radius 2 is 1.56 bits per heavy atom. The molecule has 7 nitrogen and oxygen atoms in total. The molecular formula is C24H30N2O5S. The van der Waals surface area contributed by atoms with Crippen LogP contribution in [0.25, 0.3) is 0 Å². The molecule has 2 amide bonds. The van der Waals surface area contributed by atoms with E-state index in [1.165, 1.54) is 19.2 Å². The fraction of sp³-hybridized carbons (Fsp3) is 0.417. The Labute approximate surface area is 190 Å². The summed E-state index contributed by atoms with van der Waals surface area (Å²) in [6, 6.07) is 12.1. The summed E-state index contributed by atoms with van der Waals surface area (Å²) < 4.78 is 33.4. The van der Waals surface area contributed by atoms with Crippen molar-refractivity contribution in [3.8, 4) is 5.75 Å². The van der Waals surface area contributed by atoms with Crippen molar-refractivity contribution in [3.63, 3.8) is 0 Å². The van der Waals surface area contributed by atoms with Crippen LogP contribution >= 0.6 is 0 Å². The quantitative estimate of drug-likeness (QED) is 0.612. The summed E-state index contributed by atoms with van der Waals surface area (Å²) in [4.78, 5) is 27.4. The molecule has 1 fully saturated rings. The predicted molar refractivity (Wildman–Crippen MR) is 123 cm³/mol. The summed E-state index contributed by atoms with van der Waals surface area (Å²) in [5, 5.41) is 0. The third-order valence-electron chi connectivity index (χ3n) is 5.50. The Morgan fingerprint density at radius 1 is 1.00 bits per heavy atom. The van der Waals surface area contributed by atoms with Gasteiger partial charge in [0.2, 0.25) is 15.9 Å². The molecule has 32 heavy (non-hydrogen) atoms. The van der Waals surface area contributed by atoms with Gasteiger partial charge in [0.05, 0.1) is 24.1 Å². The largest absolute Gasteiger partial charge is 0.497 e. The number of imide groups is 1. The molecule has 0 radical (unpaired) electrons. The maximum Gasteiger partial charge on any atom is 0.252 e. The number of hydrogen-bond donors (Lipinski definition) is 0. The molecule has 172 valence electrons. The van der Waals surface area contributed by atoms with E-state index in [9.17, 15) is 18.0 Å². The van der Waals surface area contributed by atoms with Crippen LogP contribution < -0.4 is 9.64 Å². The van der Waals surface area contributed by atoms with Crippen molar-refractivity contribution in [1.82, 2.24) is 4.31 Å². The third-order valence-corrected chi connectivity index (χ3v) is 7.69. The molecule has 1 heterocycles. The van der Waals surface area contributed by atoms with E-state index < -0.39 is 33.4 Å². The zero-order valence-corrected chi connectivity index (χ0v) is 20.1. The predicted octanol–water partition coefficient (Wildman–Crippen LogP) is 3.94. The lowest BCUT2D eigenvalue weighted by Gasteiger charge is -2.37. The molecule has 2 aromatic carbocycles. The molecule has 1 aliphatic rings. The van der Waals surface area contributed by atoms with Crippen LogP contribution in [0, 0.1) is 0 Å². The van der Waals surface area contributed by atoms with Crippen LogP contribution in [0.1, 0.15) is 52.5 Å². The molecule has 8 heteroatoms. The minimum atomic E-state index is -4.07. The smallest absolute Gasteiger partial charge is 0.252 e. The molecule has 1 aliphatic heterocycles. The Hall–Kier alpha value is -2.71. The lowest BCUT2D eigenvalue weighted by Crippen LogP contribution is -2.54. The van der Waals surface area contributed by atoms with E-state index in [0.29, 0.717) is 17.4 Å². The van der Waals surface area contributed by atoms with Gasteiger partial charge in [0.15, 0.2) is 0 Å². The van der Waals surface area contributed by atoms with Crippen LogP contribution in [-0.4, -0.2) is 43.2 Å². The van der Waals surface area contributed by atoms with Gasteiger partial charge >= 0.3 is 0 Å². The summed E-state index contributed by atoms with van der Waals surface area (Å²) in [6.45, 7) is 9.26. The van der Waals surface area contributed by atoms with Gasteiger partial charge in [-0.25, -0.2) is 13.3 Å². The number of nitrogens with zero attached hydrogens (tertiary/aromatic N) is 2.